The second-order valence-corrected chi connectivity index (χ2v) is 4.49. The molecule has 5 heteroatoms. The molecule has 90 valence electrons. The summed E-state index contributed by atoms with van der Waals surface area (Å²) in [6.45, 7) is 3.55. The van der Waals surface area contributed by atoms with E-state index in [0.717, 1.165) is 5.56 Å². The Labute approximate surface area is 99.7 Å². The van der Waals surface area contributed by atoms with Gasteiger partial charge in [-0.2, -0.15) is 11.3 Å². The van der Waals surface area contributed by atoms with Crippen LogP contribution in [0.5, 0.6) is 0 Å². The van der Waals surface area contributed by atoms with Crippen molar-refractivity contribution in [1.82, 2.24) is 10.6 Å². The van der Waals surface area contributed by atoms with Crippen molar-refractivity contribution in [2.45, 2.75) is 19.4 Å². The van der Waals surface area contributed by atoms with Gasteiger partial charge in [0.2, 0.25) is 5.91 Å². The third kappa shape index (κ3) is 5.85. The van der Waals surface area contributed by atoms with Crippen molar-refractivity contribution in [2.24, 2.45) is 0 Å². The first-order valence-electron chi connectivity index (χ1n) is 5.35. The Bertz CT molecular complexity index is 299. The summed E-state index contributed by atoms with van der Waals surface area (Å²) in [6, 6.07) is 1.95. The molecule has 0 aliphatic rings. The minimum absolute atomic E-state index is 0.0391. The average Bonchev–Trinajstić information content (AvgIpc) is 2.69. The van der Waals surface area contributed by atoms with Gasteiger partial charge in [-0.25, -0.2) is 0 Å². The molecule has 16 heavy (non-hydrogen) atoms. The Hall–Kier alpha value is -0.910. The molecule has 0 aliphatic carbocycles. The van der Waals surface area contributed by atoms with Gasteiger partial charge in [-0.05, 0) is 29.3 Å². The van der Waals surface area contributed by atoms with E-state index in [-0.39, 0.29) is 12.0 Å². The Balaban J connectivity index is 2.03. The van der Waals surface area contributed by atoms with Crippen LogP contribution in [0.3, 0.4) is 0 Å². The van der Waals surface area contributed by atoms with Gasteiger partial charge < -0.3 is 15.7 Å². The highest BCUT2D eigenvalue weighted by atomic mass is 32.1. The van der Waals surface area contributed by atoms with E-state index in [1.54, 1.807) is 18.3 Å². The number of rotatable bonds is 7. The summed E-state index contributed by atoms with van der Waals surface area (Å²) >= 11 is 1.60. The average molecular weight is 242 g/mol. The van der Waals surface area contributed by atoms with E-state index < -0.39 is 0 Å². The van der Waals surface area contributed by atoms with Crippen LogP contribution in [0.4, 0.5) is 0 Å². The molecule has 0 radical (unpaired) electrons. The van der Waals surface area contributed by atoms with Gasteiger partial charge in [0.1, 0.15) is 0 Å². The van der Waals surface area contributed by atoms with Crippen LogP contribution < -0.4 is 10.6 Å². The van der Waals surface area contributed by atoms with Crippen LogP contribution in [-0.4, -0.2) is 36.8 Å². The maximum absolute atomic E-state index is 11.4. The monoisotopic (exact) mass is 242 g/mol. The lowest BCUT2D eigenvalue weighted by Crippen LogP contribution is -2.35. The minimum Gasteiger partial charge on any atom is -0.392 e. The number of carbonyl (C=O) groups is 1. The molecule has 0 aromatic carbocycles. The van der Waals surface area contributed by atoms with E-state index in [1.807, 2.05) is 16.8 Å². The van der Waals surface area contributed by atoms with Crippen molar-refractivity contribution >= 4 is 17.2 Å². The van der Waals surface area contributed by atoms with E-state index in [4.69, 9.17) is 5.11 Å². The number of carbonyl (C=O) groups excluding carboxylic acids is 1. The molecule has 1 amide bonds. The van der Waals surface area contributed by atoms with Crippen molar-refractivity contribution in [1.29, 1.82) is 0 Å². The van der Waals surface area contributed by atoms with Gasteiger partial charge in [-0.1, -0.05) is 0 Å². The highest BCUT2D eigenvalue weighted by Crippen LogP contribution is 2.05. The van der Waals surface area contributed by atoms with Crippen LogP contribution in [0.25, 0.3) is 0 Å². The van der Waals surface area contributed by atoms with Gasteiger partial charge in [0.05, 0.1) is 12.5 Å². The third-order valence-electron chi connectivity index (χ3n) is 2.01. The summed E-state index contributed by atoms with van der Waals surface area (Å²) in [5.41, 5.74) is 1.06. The number of hydrogen-bond acceptors (Lipinski definition) is 4. The predicted octanol–water partition coefficient (Wildman–Crippen LogP) is 0.377. The van der Waals surface area contributed by atoms with Gasteiger partial charge in [0.25, 0.3) is 0 Å². The summed E-state index contributed by atoms with van der Waals surface area (Å²) in [5, 5.41) is 18.8. The lowest BCUT2D eigenvalue weighted by atomic mass is 10.2. The molecule has 4 nitrogen and oxygen atoms in total. The maximum atomic E-state index is 11.4. The molecule has 1 atom stereocenters. The Kier molecular flexibility index (Phi) is 6.07. The molecule has 1 rings (SSSR count). The lowest BCUT2D eigenvalue weighted by Gasteiger charge is -2.07. The van der Waals surface area contributed by atoms with Crippen molar-refractivity contribution in [3.63, 3.8) is 0 Å². The molecule has 0 fully saturated rings. The molecule has 0 bridgehead atoms. The number of amides is 1. The smallest absolute Gasteiger partial charge is 0.224 e. The third-order valence-corrected chi connectivity index (χ3v) is 2.74. The van der Waals surface area contributed by atoms with Gasteiger partial charge in [0, 0.05) is 19.6 Å². The molecule has 1 aromatic rings. The zero-order valence-electron chi connectivity index (χ0n) is 9.40. The van der Waals surface area contributed by atoms with Crippen LogP contribution in [-0.2, 0) is 11.2 Å². The topological polar surface area (TPSA) is 61.4 Å². The Morgan fingerprint density at radius 3 is 3.00 bits per heavy atom. The molecule has 0 spiro atoms. The van der Waals surface area contributed by atoms with Gasteiger partial charge in [-0.15, -0.1) is 0 Å². The number of aliphatic hydroxyl groups is 1. The highest BCUT2D eigenvalue weighted by Gasteiger charge is 2.02. The number of aliphatic hydroxyl groups excluding tert-OH is 1. The van der Waals surface area contributed by atoms with Crippen LogP contribution >= 0.6 is 11.3 Å². The fourth-order valence-electron chi connectivity index (χ4n) is 1.24. The molecular weight excluding hydrogens is 224 g/mol. The second-order valence-electron chi connectivity index (χ2n) is 3.71. The van der Waals surface area contributed by atoms with E-state index in [2.05, 4.69) is 10.6 Å². The molecule has 1 aromatic heterocycles. The van der Waals surface area contributed by atoms with Crippen molar-refractivity contribution in [3.8, 4) is 0 Å². The first-order chi connectivity index (χ1) is 7.68. The van der Waals surface area contributed by atoms with E-state index >= 15 is 0 Å². The summed E-state index contributed by atoms with van der Waals surface area (Å²) in [7, 11) is 0. The standard InChI is InChI=1S/C11H18N2O2S/c1-9(14)7-12-3-4-13-11(15)6-10-2-5-16-8-10/h2,5,8-9,12,14H,3-4,6-7H2,1H3,(H,13,15). The van der Waals surface area contributed by atoms with Gasteiger partial charge in [0.15, 0.2) is 0 Å². The zero-order valence-corrected chi connectivity index (χ0v) is 10.2. The van der Waals surface area contributed by atoms with Crippen LogP contribution in [0.2, 0.25) is 0 Å². The molecule has 0 saturated carbocycles. The van der Waals surface area contributed by atoms with Crippen molar-refractivity contribution in [2.75, 3.05) is 19.6 Å². The van der Waals surface area contributed by atoms with Gasteiger partial charge >= 0.3 is 0 Å². The SMILES string of the molecule is CC(O)CNCCNC(=O)Cc1ccsc1. The van der Waals surface area contributed by atoms with Gasteiger partial charge in [-0.3, -0.25) is 4.79 Å². The quantitative estimate of drug-likeness (QED) is 0.606. The van der Waals surface area contributed by atoms with E-state index in [9.17, 15) is 4.79 Å². The number of nitrogens with one attached hydrogen (secondary N) is 2. The summed E-state index contributed by atoms with van der Waals surface area (Å²) < 4.78 is 0. The van der Waals surface area contributed by atoms with Crippen LogP contribution in [0.15, 0.2) is 16.8 Å². The molecule has 0 aliphatic heterocycles. The molecule has 1 heterocycles. The van der Waals surface area contributed by atoms with Crippen molar-refractivity contribution < 1.29 is 9.90 Å². The normalized spacial score (nSPS) is 12.4. The Morgan fingerprint density at radius 1 is 1.56 bits per heavy atom. The fourth-order valence-corrected chi connectivity index (χ4v) is 1.91. The Morgan fingerprint density at radius 2 is 2.38 bits per heavy atom. The van der Waals surface area contributed by atoms with Crippen LogP contribution in [0.1, 0.15) is 12.5 Å². The summed E-state index contributed by atoms with van der Waals surface area (Å²) in [5.74, 6) is 0.0391. The second kappa shape index (κ2) is 7.38. The first-order valence-corrected chi connectivity index (χ1v) is 6.29. The lowest BCUT2D eigenvalue weighted by molar-refractivity contribution is -0.120. The van der Waals surface area contributed by atoms with Crippen LogP contribution in [0, 0.1) is 0 Å². The number of hydrogen-bond donors (Lipinski definition) is 3. The molecule has 1 unspecified atom stereocenters. The summed E-state index contributed by atoms with van der Waals surface area (Å²) in [4.78, 5) is 11.4. The fraction of sp³-hybridized carbons (Fsp3) is 0.545. The van der Waals surface area contributed by atoms with E-state index in [0.29, 0.717) is 26.1 Å². The maximum Gasteiger partial charge on any atom is 0.224 e. The molecular formula is C11H18N2O2S. The summed E-state index contributed by atoms with van der Waals surface area (Å²) in [6.07, 6.45) is 0.0985. The molecule has 0 saturated heterocycles. The minimum atomic E-state index is -0.346. The first kappa shape index (κ1) is 13.2. The largest absolute Gasteiger partial charge is 0.392 e. The highest BCUT2D eigenvalue weighted by molar-refractivity contribution is 7.07. The predicted molar refractivity (Wildman–Crippen MR) is 65.6 cm³/mol. The zero-order chi connectivity index (χ0) is 11.8. The molecule has 3 N–H and O–H groups in total. The van der Waals surface area contributed by atoms with E-state index in [1.165, 1.54) is 0 Å². The number of thiophene rings is 1. The van der Waals surface area contributed by atoms with Crippen molar-refractivity contribution in [3.05, 3.63) is 22.4 Å².